The molecule has 1 aromatic carbocycles. The van der Waals surface area contributed by atoms with Gasteiger partial charge in [0.15, 0.2) is 5.96 Å². The van der Waals surface area contributed by atoms with Gasteiger partial charge in [-0.15, -0.1) is 35.7 Å². The molecule has 2 aromatic rings. The predicted molar refractivity (Wildman–Crippen MR) is 122 cm³/mol. The Morgan fingerprint density at radius 3 is 2.70 bits per heavy atom. The van der Waals surface area contributed by atoms with E-state index in [4.69, 9.17) is 4.42 Å². The van der Waals surface area contributed by atoms with Gasteiger partial charge in [0.1, 0.15) is 5.76 Å². The summed E-state index contributed by atoms with van der Waals surface area (Å²) in [6.45, 7) is 5.88. The summed E-state index contributed by atoms with van der Waals surface area (Å²) in [4.78, 5) is 17.8. The van der Waals surface area contributed by atoms with Crippen molar-refractivity contribution in [3.63, 3.8) is 0 Å². The third-order valence-corrected chi connectivity index (χ3v) is 4.47. The van der Waals surface area contributed by atoms with Crippen molar-refractivity contribution in [2.24, 2.45) is 4.99 Å². The number of hydrogen-bond donors (Lipinski definition) is 3. The summed E-state index contributed by atoms with van der Waals surface area (Å²) in [5.41, 5.74) is 2.41. The molecule has 0 spiro atoms. The van der Waals surface area contributed by atoms with Crippen LogP contribution in [-0.4, -0.2) is 31.2 Å². The number of benzene rings is 1. The lowest BCUT2D eigenvalue weighted by molar-refractivity contribution is -0.120. The zero-order valence-electron chi connectivity index (χ0n) is 15.9. The van der Waals surface area contributed by atoms with Gasteiger partial charge in [-0.25, -0.2) is 4.99 Å². The summed E-state index contributed by atoms with van der Waals surface area (Å²) in [7, 11) is 0. The summed E-state index contributed by atoms with van der Waals surface area (Å²) in [6.07, 6.45) is 3.65. The maximum absolute atomic E-state index is 12.0. The number of carbonyl (C=O) groups is 1. The molecule has 3 N–H and O–H groups in total. The molecule has 27 heavy (non-hydrogen) atoms. The van der Waals surface area contributed by atoms with Crippen LogP contribution in [0.2, 0.25) is 0 Å². The number of nitrogens with one attached hydrogen (secondary N) is 3. The highest BCUT2D eigenvalue weighted by Crippen LogP contribution is 2.22. The maximum Gasteiger partial charge on any atom is 0.239 e. The van der Waals surface area contributed by atoms with Crippen LogP contribution in [0.4, 0.5) is 0 Å². The third kappa shape index (κ3) is 8.25. The SMILES string of the molecule is CCNC(=NCc1ccc(C)cc1SC)NCC(=O)NCc1ccco1.I. The Morgan fingerprint density at radius 1 is 1.22 bits per heavy atom. The predicted octanol–water partition coefficient (Wildman–Crippen LogP) is 3.30. The van der Waals surface area contributed by atoms with Crippen molar-refractivity contribution in [2.75, 3.05) is 19.3 Å². The Kier molecular flexibility index (Phi) is 11.0. The van der Waals surface area contributed by atoms with Crippen molar-refractivity contribution in [2.45, 2.75) is 31.8 Å². The van der Waals surface area contributed by atoms with Crippen LogP contribution < -0.4 is 16.0 Å². The van der Waals surface area contributed by atoms with Crippen LogP contribution in [0.5, 0.6) is 0 Å². The van der Waals surface area contributed by atoms with Gasteiger partial charge in [-0.2, -0.15) is 0 Å². The molecule has 0 bridgehead atoms. The zero-order valence-corrected chi connectivity index (χ0v) is 19.0. The largest absolute Gasteiger partial charge is 0.467 e. The highest BCUT2D eigenvalue weighted by Gasteiger charge is 2.06. The molecule has 1 heterocycles. The van der Waals surface area contributed by atoms with Gasteiger partial charge < -0.3 is 20.4 Å². The average Bonchev–Trinajstić information content (AvgIpc) is 3.16. The standard InChI is InChI=1S/C19H26N4O2S.HI/c1-4-20-19(22-11-15-8-7-14(2)10-17(15)26-3)23-13-18(24)21-12-16-6-5-9-25-16;/h5-10H,4,11-13H2,1-3H3,(H,21,24)(H2,20,22,23);1H. The van der Waals surface area contributed by atoms with Crippen LogP contribution >= 0.6 is 35.7 Å². The lowest BCUT2D eigenvalue weighted by atomic mass is 10.1. The minimum absolute atomic E-state index is 0. The first-order chi connectivity index (χ1) is 12.6. The Bertz CT molecular complexity index is 735. The molecule has 8 heteroatoms. The Labute approximate surface area is 182 Å². The van der Waals surface area contributed by atoms with E-state index >= 15 is 0 Å². The molecular formula is C19H27IN4O2S. The Balaban J connectivity index is 0.00000364. The molecule has 1 aromatic heterocycles. The molecule has 0 saturated heterocycles. The molecule has 0 radical (unpaired) electrons. The smallest absolute Gasteiger partial charge is 0.239 e. The molecule has 0 fully saturated rings. The van der Waals surface area contributed by atoms with Crippen LogP contribution in [0.25, 0.3) is 0 Å². The van der Waals surface area contributed by atoms with Crippen LogP contribution in [0.1, 0.15) is 23.8 Å². The van der Waals surface area contributed by atoms with Gasteiger partial charge in [-0.05, 0) is 49.4 Å². The molecule has 0 saturated carbocycles. The van der Waals surface area contributed by atoms with Crippen LogP contribution in [0.3, 0.4) is 0 Å². The highest BCUT2D eigenvalue weighted by atomic mass is 127. The maximum atomic E-state index is 12.0. The number of aryl methyl sites for hydroxylation is 1. The number of rotatable bonds is 8. The fraction of sp³-hybridized carbons (Fsp3) is 0.368. The van der Waals surface area contributed by atoms with Crippen molar-refractivity contribution in [3.05, 3.63) is 53.5 Å². The summed E-state index contributed by atoms with van der Waals surface area (Å²) in [5, 5.41) is 9.02. The number of amides is 1. The molecule has 0 aliphatic rings. The number of hydrogen-bond acceptors (Lipinski definition) is 4. The van der Waals surface area contributed by atoms with Crippen LogP contribution in [0, 0.1) is 6.92 Å². The molecule has 0 aliphatic heterocycles. The molecule has 0 unspecified atom stereocenters. The third-order valence-electron chi connectivity index (χ3n) is 3.65. The number of thioether (sulfide) groups is 1. The number of halogens is 1. The van der Waals surface area contributed by atoms with E-state index in [0.29, 0.717) is 19.0 Å². The monoisotopic (exact) mass is 502 g/mol. The van der Waals surface area contributed by atoms with E-state index in [2.05, 4.69) is 52.3 Å². The molecule has 0 aliphatic carbocycles. The quantitative estimate of drug-likeness (QED) is 0.224. The molecule has 148 valence electrons. The molecule has 0 atom stereocenters. The first-order valence-electron chi connectivity index (χ1n) is 8.57. The number of guanidine groups is 1. The van der Waals surface area contributed by atoms with Gasteiger partial charge in [0.25, 0.3) is 0 Å². The molecular weight excluding hydrogens is 475 g/mol. The summed E-state index contributed by atoms with van der Waals surface area (Å²) in [5.74, 6) is 1.23. The van der Waals surface area contributed by atoms with Crippen molar-refractivity contribution in [1.29, 1.82) is 0 Å². The van der Waals surface area contributed by atoms with Gasteiger partial charge in [0, 0.05) is 11.4 Å². The van der Waals surface area contributed by atoms with E-state index in [9.17, 15) is 4.79 Å². The second-order valence-corrected chi connectivity index (χ2v) is 6.57. The highest BCUT2D eigenvalue weighted by molar-refractivity contribution is 14.0. The van der Waals surface area contributed by atoms with Gasteiger partial charge in [-0.1, -0.05) is 12.1 Å². The van der Waals surface area contributed by atoms with Crippen LogP contribution in [0.15, 0.2) is 50.9 Å². The summed E-state index contributed by atoms with van der Waals surface area (Å²) < 4.78 is 5.19. The number of nitrogens with zero attached hydrogens (tertiary/aromatic N) is 1. The normalized spacial score (nSPS) is 10.9. The second-order valence-electron chi connectivity index (χ2n) is 5.72. The zero-order chi connectivity index (χ0) is 18.8. The lowest BCUT2D eigenvalue weighted by Crippen LogP contribution is -2.43. The van der Waals surface area contributed by atoms with Crippen molar-refractivity contribution in [1.82, 2.24) is 16.0 Å². The Hall–Kier alpha value is -1.68. The molecule has 6 nitrogen and oxygen atoms in total. The minimum atomic E-state index is -0.118. The fourth-order valence-electron chi connectivity index (χ4n) is 2.31. The van der Waals surface area contributed by atoms with Crippen LogP contribution in [-0.2, 0) is 17.9 Å². The fourth-order valence-corrected chi connectivity index (χ4v) is 3.01. The van der Waals surface area contributed by atoms with E-state index < -0.39 is 0 Å². The lowest BCUT2D eigenvalue weighted by Gasteiger charge is -2.12. The summed E-state index contributed by atoms with van der Waals surface area (Å²) in [6, 6.07) is 9.98. The van der Waals surface area contributed by atoms with E-state index in [1.165, 1.54) is 16.0 Å². The van der Waals surface area contributed by atoms with Gasteiger partial charge in [0.05, 0.1) is 25.9 Å². The Morgan fingerprint density at radius 2 is 2.04 bits per heavy atom. The number of furan rings is 1. The van der Waals surface area contributed by atoms with Gasteiger partial charge in [-0.3, -0.25) is 4.79 Å². The van der Waals surface area contributed by atoms with Crippen molar-refractivity contribution in [3.8, 4) is 0 Å². The summed E-state index contributed by atoms with van der Waals surface area (Å²) >= 11 is 1.72. The number of aliphatic imine (C=N–C) groups is 1. The first-order valence-corrected chi connectivity index (χ1v) is 9.79. The molecule has 1 amide bonds. The van der Waals surface area contributed by atoms with E-state index in [-0.39, 0.29) is 36.4 Å². The second kappa shape index (κ2) is 12.7. The van der Waals surface area contributed by atoms with Crippen molar-refractivity contribution >= 4 is 47.6 Å². The van der Waals surface area contributed by atoms with E-state index in [1.54, 1.807) is 24.1 Å². The first kappa shape index (κ1) is 23.4. The average molecular weight is 502 g/mol. The van der Waals surface area contributed by atoms with E-state index in [1.807, 2.05) is 13.0 Å². The topological polar surface area (TPSA) is 78.7 Å². The van der Waals surface area contributed by atoms with Gasteiger partial charge >= 0.3 is 0 Å². The molecule has 2 rings (SSSR count). The minimum Gasteiger partial charge on any atom is -0.467 e. The number of carbonyl (C=O) groups excluding carboxylic acids is 1. The van der Waals surface area contributed by atoms with E-state index in [0.717, 1.165) is 12.3 Å². The van der Waals surface area contributed by atoms with Crippen molar-refractivity contribution < 1.29 is 9.21 Å². The van der Waals surface area contributed by atoms with Gasteiger partial charge in [0.2, 0.25) is 5.91 Å².